The summed E-state index contributed by atoms with van der Waals surface area (Å²) in [6.07, 6.45) is 2.32. The summed E-state index contributed by atoms with van der Waals surface area (Å²) in [7, 11) is 0. The molecule has 1 N–H and O–H groups in total. The summed E-state index contributed by atoms with van der Waals surface area (Å²) in [5.41, 5.74) is 2.85. The first-order chi connectivity index (χ1) is 11.1. The maximum absolute atomic E-state index is 11.1. The molecular weight excluding hydrogens is 286 g/mol. The van der Waals surface area contributed by atoms with Gasteiger partial charge in [0.15, 0.2) is 0 Å². The largest absolute Gasteiger partial charge is 0.478 e. The summed E-state index contributed by atoms with van der Waals surface area (Å²) < 4.78 is 0. The molecule has 2 unspecified atom stereocenters. The van der Waals surface area contributed by atoms with Crippen LogP contribution in [-0.2, 0) is 13.0 Å². The molecule has 3 nitrogen and oxygen atoms in total. The second kappa shape index (κ2) is 6.97. The number of hydrogen-bond acceptors (Lipinski definition) is 2. The monoisotopic (exact) mass is 309 g/mol. The van der Waals surface area contributed by atoms with Gasteiger partial charge in [-0.25, -0.2) is 4.79 Å². The van der Waals surface area contributed by atoms with Gasteiger partial charge in [0.1, 0.15) is 0 Å². The molecule has 0 radical (unpaired) electrons. The molecule has 1 aliphatic rings. The molecule has 1 heterocycles. The minimum atomic E-state index is -0.858. The van der Waals surface area contributed by atoms with Gasteiger partial charge in [-0.05, 0) is 55.5 Å². The van der Waals surface area contributed by atoms with Gasteiger partial charge in [0.2, 0.25) is 0 Å². The van der Waals surface area contributed by atoms with Crippen LogP contribution in [0.2, 0.25) is 0 Å². The molecule has 1 fully saturated rings. The van der Waals surface area contributed by atoms with E-state index >= 15 is 0 Å². The number of carboxylic acids is 1. The normalized spacial score (nSPS) is 21.4. The lowest BCUT2D eigenvalue weighted by Gasteiger charge is -2.25. The number of nitrogens with zero attached hydrogens (tertiary/aromatic N) is 1. The van der Waals surface area contributed by atoms with E-state index in [1.165, 1.54) is 12.0 Å². The van der Waals surface area contributed by atoms with Gasteiger partial charge in [-0.3, -0.25) is 4.90 Å². The molecule has 120 valence electrons. The first-order valence-electron chi connectivity index (χ1n) is 8.23. The van der Waals surface area contributed by atoms with Gasteiger partial charge in [-0.1, -0.05) is 42.5 Å². The summed E-state index contributed by atoms with van der Waals surface area (Å²) in [5, 5.41) is 9.11. The Morgan fingerprint density at radius 3 is 2.61 bits per heavy atom. The van der Waals surface area contributed by atoms with Crippen LogP contribution in [-0.4, -0.2) is 28.6 Å². The molecule has 0 amide bonds. The Balaban J connectivity index is 1.64. The summed E-state index contributed by atoms with van der Waals surface area (Å²) in [6, 6.07) is 18.5. The molecule has 3 rings (SSSR count). The quantitative estimate of drug-likeness (QED) is 0.912. The molecule has 1 saturated heterocycles. The molecule has 3 heteroatoms. The second-order valence-corrected chi connectivity index (χ2v) is 6.46. The lowest BCUT2D eigenvalue weighted by atomic mass is 9.93. The fourth-order valence-corrected chi connectivity index (χ4v) is 3.52. The number of likely N-dealkylation sites (tertiary alicyclic amines) is 1. The van der Waals surface area contributed by atoms with Crippen molar-refractivity contribution in [2.24, 2.45) is 5.92 Å². The van der Waals surface area contributed by atoms with Crippen LogP contribution in [0.15, 0.2) is 54.6 Å². The highest BCUT2D eigenvalue weighted by molar-refractivity contribution is 5.87. The van der Waals surface area contributed by atoms with Crippen molar-refractivity contribution < 1.29 is 9.90 Å². The van der Waals surface area contributed by atoms with Gasteiger partial charge in [-0.15, -0.1) is 0 Å². The Morgan fingerprint density at radius 1 is 1.13 bits per heavy atom. The summed E-state index contributed by atoms with van der Waals surface area (Å²) in [4.78, 5) is 13.6. The Morgan fingerprint density at radius 2 is 1.87 bits per heavy atom. The van der Waals surface area contributed by atoms with Gasteiger partial charge in [-0.2, -0.15) is 0 Å². The number of aromatic carboxylic acids is 1. The average molecular weight is 309 g/mol. The third-order valence-corrected chi connectivity index (χ3v) is 4.95. The van der Waals surface area contributed by atoms with E-state index < -0.39 is 5.97 Å². The van der Waals surface area contributed by atoms with E-state index in [1.54, 1.807) is 12.1 Å². The van der Waals surface area contributed by atoms with E-state index in [1.807, 2.05) is 12.1 Å². The number of carboxylic acid groups (broad SMARTS) is 1. The van der Waals surface area contributed by atoms with Crippen molar-refractivity contribution in [1.29, 1.82) is 0 Å². The van der Waals surface area contributed by atoms with Gasteiger partial charge in [0, 0.05) is 12.6 Å². The van der Waals surface area contributed by atoms with Gasteiger partial charge < -0.3 is 5.11 Å². The molecule has 2 aromatic carbocycles. The molecule has 23 heavy (non-hydrogen) atoms. The highest BCUT2D eigenvalue weighted by Crippen LogP contribution is 2.28. The zero-order chi connectivity index (χ0) is 16.2. The first-order valence-corrected chi connectivity index (χ1v) is 8.23. The van der Waals surface area contributed by atoms with Gasteiger partial charge in [0.05, 0.1) is 5.56 Å². The standard InChI is InChI=1S/C20H23NO2/c1-15-18(12-16-6-3-2-4-7-16)10-11-21(15)14-17-8-5-9-19(13-17)20(22)23/h2-9,13,15,18H,10-12,14H2,1H3,(H,22,23). The minimum Gasteiger partial charge on any atom is -0.478 e. The van der Waals surface area contributed by atoms with Crippen LogP contribution in [0.5, 0.6) is 0 Å². The average Bonchev–Trinajstić information content (AvgIpc) is 2.89. The zero-order valence-corrected chi connectivity index (χ0v) is 13.5. The summed E-state index contributed by atoms with van der Waals surface area (Å²) in [6.45, 7) is 4.20. The number of hydrogen-bond donors (Lipinski definition) is 1. The fourth-order valence-electron chi connectivity index (χ4n) is 3.52. The van der Waals surface area contributed by atoms with E-state index in [2.05, 4.69) is 42.2 Å². The predicted octanol–water partition coefficient (Wildman–Crippen LogP) is 3.84. The van der Waals surface area contributed by atoms with Crippen LogP contribution in [0.1, 0.15) is 34.8 Å². The molecule has 0 aromatic heterocycles. The Hall–Kier alpha value is -2.13. The lowest BCUT2D eigenvalue weighted by molar-refractivity contribution is 0.0696. The molecule has 0 spiro atoms. The Kier molecular flexibility index (Phi) is 4.77. The van der Waals surface area contributed by atoms with E-state index in [0.717, 1.165) is 25.1 Å². The van der Waals surface area contributed by atoms with Crippen molar-refractivity contribution in [3.63, 3.8) is 0 Å². The SMILES string of the molecule is CC1C(Cc2ccccc2)CCN1Cc1cccc(C(=O)O)c1. The van der Waals surface area contributed by atoms with Crippen LogP contribution in [0.3, 0.4) is 0 Å². The lowest BCUT2D eigenvalue weighted by Crippen LogP contribution is -2.30. The molecule has 0 bridgehead atoms. The molecule has 1 aliphatic heterocycles. The van der Waals surface area contributed by atoms with E-state index in [9.17, 15) is 4.79 Å². The molecular formula is C20H23NO2. The molecule has 0 aliphatic carbocycles. The molecule has 2 aromatic rings. The smallest absolute Gasteiger partial charge is 0.335 e. The first kappa shape index (κ1) is 15.8. The third kappa shape index (κ3) is 3.80. The highest BCUT2D eigenvalue weighted by Gasteiger charge is 2.30. The van der Waals surface area contributed by atoms with E-state index in [0.29, 0.717) is 17.5 Å². The van der Waals surface area contributed by atoms with E-state index in [4.69, 9.17) is 5.11 Å². The minimum absolute atomic E-state index is 0.371. The van der Waals surface area contributed by atoms with Gasteiger partial charge >= 0.3 is 5.97 Å². The highest BCUT2D eigenvalue weighted by atomic mass is 16.4. The Labute approximate surface area is 137 Å². The zero-order valence-electron chi connectivity index (χ0n) is 13.5. The van der Waals surface area contributed by atoms with E-state index in [-0.39, 0.29) is 0 Å². The van der Waals surface area contributed by atoms with Crippen LogP contribution >= 0.6 is 0 Å². The maximum atomic E-state index is 11.1. The van der Waals surface area contributed by atoms with Crippen LogP contribution in [0, 0.1) is 5.92 Å². The van der Waals surface area contributed by atoms with Crippen LogP contribution in [0.25, 0.3) is 0 Å². The van der Waals surface area contributed by atoms with Crippen molar-refractivity contribution >= 4 is 5.97 Å². The Bertz CT molecular complexity index is 668. The predicted molar refractivity (Wildman–Crippen MR) is 91.5 cm³/mol. The maximum Gasteiger partial charge on any atom is 0.335 e. The third-order valence-electron chi connectivity index (χ3n) is 4.95. The molecule has 0 saturated carbocycles. The van der Waals surface area contributed by atoms with Crippen LogP contribution in [0.4, 0.5) is 0 Å². The van der Waals surface area contributed by atoms with Crippen molar-refractivity contribution in [2.75, 3.05) is 6.54 Å². The van der Waals surface area contributed by atoms with Crippen molar-refractivity contribution in [1.82, 2.24) is 4.90 Å². The van der Waals surface area contributed by atoms with Crippen molar-refractivity contribution in [2.45, 2.75) is 32.4 Å². The van der Waals surface area contributed by atoms with Gasteiger partial charge in [0.25, 0.3) is 0 Å². The fraction of sp³-hybridized carbons (Fsp3) is 0.350. The topological polar surface area (TPSA) is 40.5 Å². The number of benzene rings is 2. The molecule has 2 atom stereocenters. The number of rotatable bonds is 5. The summed E-state index contributed by atoms with van der Waals surface area (Å²) in [5.74, 6) is -0.191. The summed E-state index contributed by atoms with van der Waals surface area (Å²) >= 11 is 0. The van der Waals surface area contributed by atoms with Crippen molar-refractivity contribution in [3.05, 3.63) is 71.3 Å². The van der Waals surface area contributed by atoms with Crippen LogP contribution < -0.4 is 0 Å². The second-order valence-electron chi connectivity index (χ2n) is 6.46. The van der Waals surface area contributed by atoms with Crippen molar-refractivity contribution in [3.8, 4) is 0 Å². The number of carbonyl (C=O) groups is 1.